The van der Waals surface area contributed by atoms with E-state index in [0.717, 1.165) is 6.08 Å². The van der Waals surface area contributed by atoms with Crippen molar-refractivity contribution in [3.05, 3.63) is 36.0 Å². The number of amidine groups is 1. The maximum atomic E-state index is 11.7. The zero-order chi connectivity index (χ0) is 14.4. The van der Waals surface area contributed by atoms with E-state index in [1.54, 1.807) is 24.3 Å². The molecule has 0 heterocycles. The van der Waals surface area contributed by atoms with Gasteiger partial charge in [0.2, 0.25) is 0 Å². The number of nitrogens with one attached hydrogen (secondary N) is 2. The van der Waals surface area contributed by atoms with Crippen molar-refractivity contribution in [1.82, 2.24) is 0 Å². The van der Waals surface area contributed by atoms with Gasteiger partial charge in [0.1, 0.15) is 11.4 Å². The first kappa shape index (κ1) is 14.2. The fourth-order valence-corrected chi connectivity index (χ4v) is 1.29. The molecule has 0 aliphatic rings. The van der Waals surface area contributed by atoms with Crippen molar-refractivity contribution in [3.8, 4) is 5.75 Å². The van der Waals surface area contributed by atoms with Crippen LogP contribution in [-0.2, 0) is 4.79 Å². The Labute approximate surface area is 110 Å². The Morgan fingerprint density at radius 1 is 1.42 bits per heavy atom. The maximum absolute atomic E-state index is 11.7. The Hall–Kier alpha value is -2.83. The van der Waals surface area contributed by atoms with Crippen molar-refractivity contribution in [2.45, 2.75) is 0 Å². The number of nitrogens with two attached hydrogens (primary N) is 3. The summed E-state index contributed by atoms with van der Waals surface area (Å²) in [5.41, 5.74) is 11.0. The van der Waals surface area contributed by atoms with Gasteiger partial charge in [0.25, 0.3) is 11.6 Å². The summed E-state index contributed by atoms with van der Waals surface area (Å²) in [5, 5.41) is 15.1. The van der Waals surface area contributed by atoms with Crippen LogP contribution in [0.2, 0.25) is 0 Å². The standard InChI is InChI=1S/C12H15N5O2/c1-19-9-5-3-2-4-8(9)17-10(18)6-7(13)11(14)12(15)16/h2-6,14H,13H2,1H3,(H3,15,16)(H,17,18)/p+1/b7-6+,14-11?. The summed E-state index contributed by atoms with van der Waals surface area (Å²) in [7, 11) is 1.50. The number of benzene rings is 1. The molecule has 19 heavy (non-hydrogen) atoms. The largest absolute Gasteiger partial charge is 0.495 e. The highest BCUT2D eigenvalue weighted by molar-refractivity contribution is 6.43. The minimum atomic E-state index is -0.494. The number of hydrogen-bond donors (Lipinski definition) is 5. The smallest absolute Gasteiger partial charge is 0.261 e. The summed E-state index contributed by atoms with van der Waals surface area (Å²) >= 11 is 0. The van der Waals surface area contributed by atoms with Crippen molar-refractivity contribution in [3.63, 3.8) is 0 Å². The van der Waals surface area contributed by atoms with Gasteiger partial charge < -0.3 is 21.5 Å². The third kappa shape index (κ3) is 3.84. The predicted octanol–water partition coefficient (Wildman–Crippen LogP) is -1.39. The molecular formula is C12H16N5O2+. The van der Waals surface area contributed by atoms with Gasteiger partial charge in [-0.05, 0) is 12.1 Å². The Kier molecular flexibility index (Phi) is 4.64. The highest BCUT2D eigenvalue weighted by Crippen LogP contribution is 2.22. The molecule has 1 rings (SSSR count). The second-order valence-corrected chi connectivity index (χ2v) is 3.62. The molecule has 0 bridgehead atoms. The second kappa shape index (κ2) is 6.20. The first-order valence-electron chi connectivity index (χ1n) is 5.34. The fraction of sp³-hybridized carbons (Fsp3) is 0.0833. The molecule has 0 atom stereocenters. The van der Waals surface area contributed by atoms with Crippen LogP contribution in [0.5, 0.6) is 5.75 Å². The van der Waals surface area contributed by atoms with Crippen molar-refractivity contribution in [2.75, 3.05) is 12.4 Å². The van der Waals surface area contributed by atoms with Gasteiger partial charge in [-0.25, -0.2) is 5.41 Å². The lowest BCUT2D eigenvalue weighted by atomic mass is 10.2. The van der Waals surface area contributed by atoms with E-state index in [1.165, 1.54) is 7.11 Å². The number of ether oxygens (including phenoxy) is 1. The Bertz CT molecular complexity index is 551. The summed E-state index contributed by atoms with van der Waals surface area (Å²) in [6.45, 7) is 0. The van der Waals surface area contributed by atoms with Crippen LogP contribution in [0.25, 0.3) is 0 Å². The van der Waals surface area contributed by atoms with E-state index < -0.39 is 5.91 Å². The lowest BCUT2D eigenvalue weighted by molar-refractivity contribution is -0.113. The van der Waals surface area contributed by atoms with Gasteiger partial charge in [0.05, 0.1) is 12.8 Å². The molecule has 1 aromatic carbocycles. The molecule has 100 valence electrons. The highest BCUT2D eigenvalue weighted by atomic mass is 16.5. The van der Waals surface area contributed by atoms with E-state index >= 15 is 0 Å². The molecule has 0 saturated carbocycles. The van der Waals surface area contributed by atoms with Crippen LogP contribution in [0.15, 0.2) is 36.0 Å². The van der Waals surface area contributed by atoms with E-state index in [4.69, 9.17) is 27.0 Å². The number of carbonyl (C=O) groups excluding carboxylic acids is 1. The lowest BCUT2D eigenvalue weighted by Crippen LogP contribution is -2.50. The van der Waals surface area contributed by atoms with E-state index in [-0.39, 0.29) is 17.2 Å². The monoisotopic (exact) mass is 262 g/mol. The molecule has 1 amide bonds. The van der Waals surface area contributed by atoms with Gasteiger partial charge in [-0.1, -0.05) is 12.1 Å². The Morgan fingerprint density at radius 2 is 2.05 bits per heavy atom. The van der Waals surface area contributed by atoms with Crippen LogP contribution in [0, 0.1) is 5.41 Å². The molecule has 0 spiro atoms. The Balaban J connectivity index is 2.83. The number of methoxy groups -OCH3 is 1. The van der Waals surface area contributed by atoms with Crippen LogP contribution >= 0.6 is 0 Å². The van der Waals surface area contributed by atoms with Crippen LogP contribution in [-0.4, -0.2) is 24.6 Å². The van der Waals surface area contributed by atoms with Gasteiger partial charge in [0.15, 0.2) is 5.84 Å². The third-order valence-electron chi connectivity index (χ3n) is 2.25. The zero-order valence-corrected chi connectivity index (χ0v) is 10.4. The van der Waals surface area contributed by atoms with Crippen LogP contribution < -0.4 is 26.9 Å². The van der Waals surface area contributed by atoms with Gasteiger partial charge in [-0.15, -0.1) is 0 Å². The lowest BCUT2D eigenvalue weighted by Gasteiger charge is -2.08. The zero-order valence-electron chi connectivity index (χ0n) is 10.4. The quantitative estimate of drug-likeness (QED) is 0.253. The normalized spacial score (nSPS) is 10.7. The van der Waals surface area contributed by atoms with E-state index in [0.29, 0.717) is 11.4 Å². The van der Waals surface area contributed by atoms with Crippen molar-refractivity contribution < 1.29 is 14.9 Å². The SMILES string of the molecule is COc1ccccc1NC(=O)/C=C(/N)C(=[NH2+])C(=N)N. The van der Waals surface area contributed by atoms with E-state index in [1.807, 2.05) is 0 Å². The molecule has 7 heteroatoms. The number of amides is 1. The predicted molar refractivity (Wildman–Crippen MR) is 72.7 cm³/mol. The van der Waals surface area contributed by atoms with Gasteiger partial charge in [-0.3, -0.25) is 10.2 Å². The van der Waals surface area contributed by atoms with Crippen LogP contribution in [0.1, 0.15) is 0 Å². The van der Waals surface area contributed by atoms with Gasteiger partial charge in [-0.2, -0.15) is 0 Å². The summed E-state index contributed by atoms with van der Waals surface area (Å²) < 4.78 is 5.09. The minimum Gasteiger partial charge on any atom is -0.495 e. The molecule has 0 aliphatic heterocycles. The molecule has 0 aromatic heterocycles. The molecule has 1 aromatic rings. The number of para-hydroxylation sites is 2. The van der Waals surface area contributed by atoms with Crippen LogP contribution in [0.4, 0.5) is 5.69 Å². The molecule has 0 fully saturated rings. The molecular weight excluding hydrogens is 246 g/mol. The average molecular weight is 262 g/mol. The molecule has 7 nitrogen and oxygen atoms in total. The summed E-state index contributed by atoms with van der Waals surface area (Å²) in [5.74, 6) is -0.364. The molecule has 0 aliphatic carbocycles. The van der Waals surface area contributed by atoms with E-state index in [9.17, 15) is 4.79 Å². The number of rotatable bonds is 5. The topological polar surface area (TPSA) is 140 Å². The highest BCUT2D eigenvalue weighted by Gasteiger charge is 2.13. The van der Waals surface area contributed by atoms with Gasteiger partial charge >= 0.3 is 0 Å². The summed E-state index contributed by atoms with van der Waals surface area (Å²) in [4.78, 5) is 11.7. The number of carbonyl (C=O) groups is 1. The molecule has 0 unspecified atom stereocenters. The van der Waals surface area contributed by atoms with Crippen molar-refractivity contribution in [1.29, 1.82) is 5.41 Å². The third-order valence-corrected chi connectivity index (χ3v) is 2.25. The summed E-state index contributed by atoms with van der Waals surface area (Å²) in [6, 6.07) is 6.92. The second-order valence-electron chi connectivity index (χ2n) is 3.62. The first-order valence-corrected chi connectivity index (χ1v) is 5.34. The fourth-order valence-electron chi connectivity index (χ4n) is 1.29. The van der Waals surface area contributed by atoms with Crippen molar-refractivity contribution in [2.24, 2.45) is 11.5 Å². The molecule has 8 N–H and O–H groups in total. The maximum Gasteiger partial charge on any atom is 0.261 e. The van der Waals surface area contributed by atoms with Gasteiger partial charge in [0, 0.05) is 6.08 Å². The molecule has 0 radical (unpaired) electrons. The Morgan fingerprint density at radius 3 is 2.63 bits per heavy atom. The number of hydrogen-bond acceptors (Lipinski definition) is 4. The molecule has 0 saturated heterocycles. The van der Waals surface area contributed by atoms with E-state index in [2.05, 4.69) is 5.32 Å². The summed E-state index contributed by atoms with van der Waals surface area (Å²) in [6.07, 6.45) is 1.06. The minimum absolute atomic E-state index is 0.0695. The number of anilines is 1. The average Bonchev–Trinajstić information content (AvgIpc) is 2.38. The first-order chi connectivity index (χ1) is 8.95. The van der Waals surface area contributed by atoms with Crippen molar-refractivity contribution >= 4 is 23.1 Å². The van der Waals surface area contributed by atoms with Crippen LogP contribution in [0.3, 0.4) is 0 Å².